The molecule has 0 saturated carbocycles. The fourth-order valence-electron chi connectivity index (χ4n) is 6.57. The third-order valence-electron chi connectivity index (χ3n) is 9.90. The average molecular weight is 749 g/mol. The molecule has 15 heteroatoms. The number of nitrogen functional groups attached to an aromatic ring is 2. The number of anilines is 2. The van der Waals surface area contributed by atoms with E-state index in [2.05, 4.69) is 46.6 Å². The third kappa shape index (κ3) is 14.4. The maximum atomic E-state index is 13.2. The van der Waals surface area contributed by atoms with Gasteiger partial charge in [-0.2, -0.15) is 0 Å². The van der Waals surface area contributed by atoms with Crippen LogP contribution >= 0.6 is 11.6 Å². The quantitative estimate of drug-likeness (QED) is 0.0762. The number of carbonyl (C=O) groups is 2. The van der Waals surface area contributed by atoms with Crippen molar-refractivity contribution in [2.45, 2.75) is 89.9 Å². The molecule has 2 heterocycles. The predicted molar refractivity (Wildman–Crippen MR) is 204 cm³/mol. The number of piperidine rings is 1. The number of hydrogen-bond donors (Lipinski definition) is 8. The van der Waals surface area contributed by atoms with Crippen molar-refractivity contribution in [3.05, 3.63) is 46.2 Å². The van der Waals surface area contributed by atoms with Crippen molar-refractivity contribution < 1.29 is 30.0 Å². The van der Waals surface area contributed by atoms with E-state index in [-0.39, 0.29) is 53.9 Å². The Labute approximate surface area is 313 Å². The summed E-state index contributed by atoms with van der Waals surface area (Å²) in [6.07, 6.45) is 3.20. The van der Waals surface area contributed by atoms with E-state index >= 15 is 0 Å². The van der Waals surface area contributed by atoms with E-state index in [9.17, 15) is 24.9 Å². The van der Waals surface area contributed by atoms with Gasteiger partial charge in [-0.15, -0.1) is 0 Å². The number of benzene rings is 1. The first kappa shape index (κ1) is 43.3. The van der Waals surface area contributed by atoms with Gasteiger partial charge in [-0.1, -0.05) is 62.1 Å². The molecule has 1 aromatic carbocycles. The smallest absolute Gasteiger partial charge is 0.273 e. The lowest BCUT2D eigenvalue weighted by Gasteiger charge is -2.33. The van der Waals surface area contributed by atoms with E-state index in [0.717, 1.165) is 51.5 Å². The zero-order valence-corrected chi connectivity index (χ0v) is 31.6. The number of aryl methyl sites for hydroxylation is 1. The van der Waals surface area contributed by atoms with Crippen molar-refractivity contribution in [2.24, 2.45) is 11.8 Å². The molecule has 14 nitrogen and oxygen atoms in total. The number of aliphatic hydroxyl groups excluding tert-OH is 4. The summed E-state index contributed by atoms with van der Waals surface area (Å²) < 4.78 is 0. The van der Waals surface area contributed by atoms with Crippen LogP contribution in [0.2, 0.25) is 5.15 Å². The van der Waals surface area contributed by atoms with Crippen molar-refractivity contribution in [1.29, 1.82) is 0 Å². The van der Waals surface area contributed by atoms with Gasteiger partial charge in [0.1, 0.15) is 6.10 Å². The monoisotopic (exact) mass is 748 g/mol. The first-order chi connectivity index (χ1) is 24.9. The lowest BCUT2D eigenvalue weighted by Crippen LogP contribution is -2.46. The predicted octanol–water partition coefficient (Wildman–Crippen LogP) is 1.76. The highest BCUT2D eigenvalue weighted by Gasteiger charge is 2.28. The van der Waals surface area contributed by atoms with Crippen LogP contribution in [0.4, 0.5) is 11.6 Å². The molecule has 0 aliphatic carbocycles. The van der Waals surface area contributed by atoms with Crippen LogP contribution in [-0.4, -0.2) is 129 Å². The van der Waals surface area contributed by atoms with Gasteiger partial charge in [0.25, 0.3) is 5.91 Å². The molecule has 2 amide bonds. The van der Waals surface area contributed by atoms with Crippen LogP contribution in [0.1, 0.15) is 79.9 Å². The molecular weight excluding hydrogens is 688 g/mol. The van der Waals surface area contributed by atoms with E-state index in [4.69, 9.17) is 28.2 Å². The molecule has 0 radical (unpaired) electrons. The second kappa shape index (κ2) is 22.8. The fourth-order valence-corrected chi connectivity index (χ4v) is 6.70. The molecular formula is C37H61ClN8O6. The molecule has 292 valence electrons. The number of nitrogens with two attached hydrogens (primary N) is 2. The number of hydrogen-bond acceptors (Lipinski definition) is 12. The largest absolute Gasteiger partial charge is 0.396 e. The number of amides is 2. The van der Waals surface area contributed by atoms with Gasteiger partial charge in [0.15, 0.2) is 22.5 Å². The van der Waals surface area contributed by atoms with Gasteiger partial charge in [0.05, 0.1) is 12.2 Å². The lowest BCUT2D eigenvalue weighted by molar-refractivity contribution is -0.133. The summed E-state index contributed by atoms with van der Waals surface area (Å²) in [4.78, 5) is 38.0. The van der Waals surface area contributed by atoms with Crippen molar-refractivity contribution in [3.63, 3.8) is 0 Å². The van der Waals surface area contributed by atoms with Gasteiger partial charge in [0, 0.05) is 45.8 Å². The Balaban J connectivity index is 1.48. The Hall–Kier alpha value is -3.11. The second-order valence-corrected chi connectivity index (χ2v) is 14.4. The van der Waals surface area contributed by atoms with E-state index in [1.165, 1.54) is 11.1 Å². The standard InChI is InChI=1S/C37H61ClN8O6/c1-3-4-5-8-15-45(24-30(49)33(51)29(48)14-19-47)16-13-31(50)46-17-11-26(12-18-46)21-41-22-27(20-28-10-7-6-9-25(28)2)23-42-37(52)32-35(39)44-36(40)34(38)43-32/h6-7,9-10,26-27,29-30,33,41,47-49,51H,3-5,8,11-24H2,1-2H3,(H,42,52)(H4,39,40,44)/t27-,29-,30-,33+/m1/s1. The lowest BCUT2D eigenvalue weighted by atomic mass is 9.94. The average Bonchev–Trinajstić information content (AvgIpc) is 3.13. The minimum atomic E-state index is -1.37. The number of halogens is 1. The first-order valence-corrected chi connectivity index (χ1v) is 19.1. The highest BCUT2D eigenvalue weighted by atomic mass is 35.5. The number of rotatable bonds is 23. The Morgan fingerprint density at radius 3 is 2.44 bits per heavy atom. The molecule has 52 heavy (non-hydrogen) atoms. The summed E-state index contributed by atoms with van der Waals surface area (Å²) in [5, 5.41) is 46.5. The van der Waals surface area contributed by atoms with Gasteiger partial charge >= 0.3 is 0 Å². The molecule has 4 atom stereocenters. The molecule has 1 aliphatic rings. The van der Waals surface area contributed by atoms with Crippen LogP contribution in [0, 0.1) is 18.8 Å². The van der Waals surface area contributed by atoms with Crippen LogP contribution in [-0.2, 0) is 11.2 Å². The highest BCUT2D eigenvalue weighted by molar-refractivity contribution is 6.31. The zero-order valence-electron chi connectivity index (χ0n) is 30.9. The van der Waals surface area contributed by atoms with Crippen LogP contribution in [0.25, 0.3) is 0 Å². The number of nitrogens with zero attached hydrogens (tertiary/aromatic N) is 4. The molecule has 3 rings (SSSR count). The number of unbranched alkanes of at least 4 members (excludes halogenated alkanes) is 3. The minimum Gasteiger partial charge on any atom is -0.396 e. The van der Waals surface area contributed by atoms with Crippen molar-refractivity contribution in [1.82, 2.24) is 30.4 Å². The Kier molecular flexibility index (Phi) is 19.0. The second-order valence-electron chi connectivity index (χ2n) is 14.1. The molecule has 0 bridgehead atoms. The molecule has 0 unspecified atom stereocenters. The summed E-state index contributed by atoms with van der Waals surface area (Å²) in [6, 6.07) is 8.19. The van der Waals surface area contributed by atoms with Crippen molar-refractivity contribution >= 4 is 35.1 Å². The van der Waals surface area contributed by atoms with Gasteiger partial charge in [-0.05, 0) is 81.6 Å². The van der Waals surface area contributed by atoms with Crippen LogP contribution < -0.4 is 22.1 Å². The summed E-state index contributed by atoms with van der Waals surface area (Å²) in [7, 11) is 0. The molecule has 0 spiro atoms. The van der Waals surface area contributed by atoms with Crippen molar-refractivity contribution in [2.75, 3.05) is 70.4 Å². The maximum Gasteiger partial charge on any atom is 0.273 e. The third-order valence-corrected chi connectivity index (χ3v) is 10.2. The number of aromatic nitrogens is 2. The SMILES string of the molecule is CCCCCCN(CCC(=O)N1CCC(CNC[C@H](CNC(=O)c2nc(Cl)c(N)nc2N)Cc2ccccc2C)CC1)C[C@@H](O)[C@@H](O)[C@H](O)CCO. The summed E-state index contributed by atoms with van der Waals surface area (Å²) >= 11 is 5.99. The van der Waals surface area contributed by atoms with Crippen LogP contribution in [0.15, 0.2) is 24.3 Å². The van der Waals surface area contributed by atoms with E-state index in [0.29, 0.717) is 51.6 Å². The van der Waals surface area contributed by atoms with Gasteiger partial charge < -0.3 is 52.3 Å². The van der Waals surface area contributed by atoms with E-state index in [1.807, 2.05) is 21.9 Å². The van der Waals surface area contributed by atoms with Gasteiger partial charge in [0.2, 0.25) is 5.91 Å². The Bertz CT molecular complexity index is 1380. The topological polar surface area (TPSA) is 223 Å². The van der Waals surface area contributed by atoms with Crippen LogP contribution in [0.5, 0.6) is 0 Å². The molecule has 1 fully saturated rings. The van der Waals surface area contributed by atoms with E-state index < -0.39 is 24.2 Å². The zero-order chi connectivity index (χ0) is 38.0. The highest BCUT2D eigenvalue weighted by Crippen LogP contribution is 2.20. The summed E-state index contributed by atoms with van der Waals surface area (Å²) in [6.45, 7) is 8.40. The van der Waals surface area contributed by atoms with E-state index in [1.54, 1.807) is 0 Å². The number of aliphatic hydroxyl groups is 4. The normalized spacial score (nSPS) is 16.1. The molecule has 1 aliphatic heterocycles. The van der Waals surface area contributed by atoms with Crippen LogP contribution in [0.3, 0.4) is 0 Å². The van der Waals surface area contributed by atoms with Gasteiger partial charge in [-0.25, -0.2) is 9.97 Å². The molecule has 1 saturated heterocycles. The fraction of sp³-hybridized carbons (Fsp3) is 0.676. The van der Waals surface area contributed by atoms with Crippen molar-refractivity contribution in [3.8, 4) is 0 Å². The molecule has 10 N–H and O–H groups in total. The molecule has 1 aromatic heterocycles. The number of nitrogens with one attached hydrogen (secondary N) is 2. The Morgan fingerprint density at radius 1 is 1.02 bits per heavy atom. The summed E-state index contributed by atoms with van der Waals surface area (Å²) in [5.41, 5.74) is 13.9. The Morgan fingerprint density at radius 2 is 1.75 bits per heavy atom. The van der Waals surface area contributed by atoms with Gasteiger partial charge in [-0.3, -0.25) is 9.59 Å². The minimum absolute atomic E-state index is 0.0157. The number of likely N-dealkylation sites (tertiary alicyclic amines) is 1. The summed E-state index contributed by atoms with van der Waals surface area (Å²) in [5.74, 6) is -0.0309. The first-order valence-electron chi connectivity index (χ1n) is 18.7. The number of carbonyl (C=O) groups excluding carboxylic acids is 2. The maximum absolute atomic E-state index is 13.2. The molecule has 2 aromatic rings.